The molecule has 0 bridgehead atoms. The number of ether oxygens (including phenoxy) is 1. The van der Waals surface area contributed by atoms with Crippen LogP contribution in [-0.4, -0.2) is 0 Å². The quantitative estimate of drug-likeness (QED) is 0.720. The molecule has 0 aliphatic heterocycles. The second-order valence-electron chi connectivity index (χ2n) is 3.30. The summed E-state index contributed by atoms with van der Waals surface area (Å²) in [5.74, 6) is 1.40. The fourth-order valence-corrected chi connectivity index (χ4v) is 1.56. The summed E-state index contributed by atoms with van der Waals surface area (Å²) in [6.45, 7) is 0. The minimum atomic E-state index is -0.280. The molecule has 2 aromatic rings. The first kappa shape index (κ1) is 11.0. The van der Waals surface area contributed by atoms with Gasteiger partial charge in [-0.1, -0.05) is 18.2 Å². The molecule has 0 spiro atoms. The fourth-order valence-electron chi connectivity index (χ4n) is 1.34. The zero-order chi connectivity index (χ0) is 11.4. The molecule has 0 heterocycles. The third-order valence-electron chi connectivity index (χ3n) is 2.16. The van der Waals surface area contributed by atoms with Crippen molar-refractivity contribution >= 4 is 11.6 Å². The average molecular weight is 237 g/mol. The molecule has 82 valence electrons. The maximum Gasteiger partial charge on any atom is 0.131 e. The Bertz CT molecular complexity index is 468. The summed E-state index contributed by atoms with van der Waals surface area (Å²) in [4.78, 5) is 0. The van der Waals surface area contributed by atoms with Gasteiger partial charge in [-0.3, -0.25) is 0 Å². The Hall–Kier alpha value is -1.54. The van der Waals surface area contributed by atoms with Gasteiger partial charge in [0.1, 0.15) is 17.3 Å². The third kappa shape index (κ3) is 2.52. The van der Waals surface area contributed by atoms with Crippen LogP contribution < -0.4 is 4.74 Å². The minimum absolute atomic E-state index is 0.280. The Balaban J connectivity index is 2.23. The molecule has 0 N–H and O–H groups in total. The van der Waals surface area contributed by atoms with E-state index in [0.29, 0.717) is 17.4 Å². The van der Waals surface area contributed by atoms with E-state index in [1.54, 1.807) is 12.1 Å². The second-order valence-corrected chi connectivity index (χ2v) is 3.56. The number of alkyl halides is 1. The Morgan fingerprint density at radius 3 is 2.38 bits per heavy atom. The summed E-state index contributed by atoms with van der Waals surface area (Å²) in [6, 6.07) is 13.4. The van der Waals surface area contributed by atoms with Gasteiger partial charge in [-0.2, -0.15) is 0 Å². The van der Waals surface area contributed by atoms with Gasteiger partial charge >= 0.3 is 0 Å². The smallest absolute Gasteiger partial charge is 0.131 e. The van der Waals surface area contributed by atoms with Crippen molar-refractivity contribution in [2.45, 2.75) is 5.88 Å². The topological polar surface area (TPSA) is 9.23 Å². The number of hydrogen-bond donors (Lipinski definition) is 0. The van der Waals surface area contributed by atoms with Crippen LogP contribution >= 0.6 is 11.6 Å². The second kappa shape index (κ2) is 4.99. The summed E-state index contributed by atoms with van der Waals surface area (Å²) >= 11 is 5.78. The van der Waals surface area contributed by atoms with E-state index in [1.807, 2.05) is 24.3 Å². The molecule has 16 heavy (non-hydrogen) atoms. The normalized spacial score (nSPS) is 10.1. The number of para-hydroxylation sites is 1. The van der Waals surface area contributed by atoms with E-state index < -0.39 is 0 Å². The molecule has 0 amide bonds. The molecular formula is C13H10ClFO. The van der Waals surface area contributed by atoms with Crippen molar-refractivity contribution in [3.63, 3.8) is 0 Å². The lowest BCUT2D eigenvalue weighted by molar-refractivity contribution is 0.476. The first-order valence-electron chi connectivity index (χ1n) is 4.87. The van der Waals surface area contributed by atoms with Crippen LogP contribution in [0.15, 0.2) is 48.5 Å². The number of hydrogen-bond acceptors (Lipinski definition) is 1. The first-order valence-corrected chi connectivity index (χ1v) is 5.40. The number of benzene rings is 2. The SMILES string of the molecule is Fc1ccc(Oc2ccccc2CCl)cc1. The van der Waals surface area contributed by atoms with Gasteiger partial charge in [-0.15, -0.1) is 11.6 Å². The van der Waals surface area contributed by atoms with Crippen molar-refractivity contribution in [2.24, 2.45) is 0 Å². The summed E-state index contributed by atoms with van der Waals surface area (Å²) in [6.07, 6.45) is 0. The Morgan fingerprint density at radius 2 is 1.69 bits per heavy atom. The molecular weight excluding hydrogens is 227 g/mol. The lowest BCUT2D eigenvalue weighted by atomic mass is 10.2. The van der Waals surface area contributed by atoms with E-state index >= 15 is 0 Å². The lowest BCUT2D eigenvalue weighted by Crippen LogP contribution is -1.89. The number of rotatable bonds is 3. The van der Waals surface area contributed by atoms with Crippen molar-refractivity contribution in [1.29, 1.82) is 0 Å². The summed E-state index contributed by atoms with van der Waals surface area (Å²) in [5.41, 5.74) is 0.911. The van der Waals surface area contributed by atoms with Gasteiger partial charge in [0, 0.05) is 5.56 Å². The summed E-state index contributed by atoms with van der Waals surface area (Å²) in [5, 5.41) is 0. The highest BCUT2D eigenvalue weighted by Crippen LogP contribution is 2.26. The van der Waals surface area contributed by atoms with Crippen LogP contribution in [0.2, 0.25) is 0 Å². The van der Waals surface area contributed by atoms with Crippen LogP contribution in [-0.2, 0) is 5.88 Å². The van der Waals surface area contributed by atoms with Crippen LogP contribution in [0.4, 0.5) is 4.39 Å². The van der Waals surface area contributed by atoms with Crippen molar-refractivity contribution in [3.8, 4) is 11.5 Å². The molecule has 0 aliphatic rings. The van der Waals surface area contributed by atoms with E-state index in [-0.39, 0.29) is 5.82 Å². The maximum atomic E-state index is 12.7. The van der Waals surface area contributed by atoms with Crippen molar-refractivity contribution in [3.05, 3.63) is 59.9 Å². The van der Waals surface area contributed by atoms with Crippen molar-refractivity contribution in [2.75, 3.05) is 0 Å². The summed E-state index contributed by atoms with van der Waals surface area (Å²) in [7, 11) is 0. The van der Waals surface area contributed by atoms with Gasteiger partial charge in [0.15, 0.2) is 0 Å². The van der Waals surface area contributed by atoms with E-state index in [0.717, 1.165) is 5.56 Å². The predicted octanol–water partition coefficient (Wildman–Crippen LogP) is 4.36. The molecule has 0 atom stereocenters. The largest absolute Gasteiger partial charge is 0.457 e. The van der Waals surface area contributed by atoms with Crippen LogP contribution in [0.5, 0.6) is 11.5 Å². The lowest BCUT2D eigenvalue weighted by Gasteiger charge is -2.08. The Kier molecular flexibility index (Phi) is 3.42. The van der Waals surface area contributed by atoms with E-state index in [4.69, 9.17) is 16.3 Å². The fraction of sp³-hybridized carbons (Fsp3) is 0.0769. The van der Waals surface area contributed by atoms with Crippen LogP contribution in [0.25, 0.3) is 0 Å². The maximum absolute atomic E-state index is 12.7. The zero-order valence-electron chi connectivity index (χ0n) is 8.49. The Labute approximate surface area is 98.4 Å². The first-order chi connectivity index (χ1) is 7.79. The van der Waals surface area contributed by atoms with E-state index in [2.05, 4.69) is 0 Å². The molecule has 0 aliphatic carbocycles. The standard InChI is InChI=1S/C13H10ClFO/c14-9-10-3-1-2-4-13(10)16-12-7-5-11(15)6-8-12/h1-8H,9H2. The van der Waals surface area contributed by atoms with Crippen LogP contribution in [0.3, 0.4) is 0 Å². The number of halogens is 2. The van der Waals surface area contributed by atoms with Gasteiger partial charge in [0.25, 0.3) is 0 Å². The highest BCUT2D eigenvalue weighted by molar-refractivity contribution is 6.17. The third-order valence-corrected chi connectivity index (χ3v) is 2.45. The monoisotopic (exact) mass is 236 g/mol. The molecule has 0 aromatic heterocycles. The van der Waals surface area contributed by atoms with Gasteiger partial charge in [-0.05, 0) is 30.3 Å². The van der Waals surface area contributed by atoms with Gasteiger partial charge in [-0.25, -0.2) is 4.39 Å². The molecule has 0 unspecified atom stereocenters. The molecule has 2 aromatic carbocycles. The average Bonchev–Trinajstić information content (AvgIpc) is 2.33. The van der Waals surface area contributed by atoms with Crippen LogP contribution in [0.1, 0.15) is 5.56 Å². The molecule has 3 heteroatoms. The molecule has 1 nitrogen and oxygen atoms in total. The molecule has 0 saturated carbocycles. The molecule has 0 saturated heterocycles. The zero-order valence-corrected chi connectivity index (χ0v) is 9.25. The predicted molar refractivity (Wildman–Crippen MR) is 62.5 cm³/mol. The molecule has 0 radical (unpaired) electrons. The van der Waals surface area contributed by atoms with Crippen molar-refractivity contribution in [1.82, 2.24) is 0 Å². The van der Waals surface area contributed by atoms with E-state index in [9.17, 15) is 4.39 Å². The highest BCUT2D eigenvalue weighted by Gasteiger charge is 2.02. The summed E-state index contributed by atoms with van der Waals surface area (Å²) < 4.78 is 18.3. The van der Waals surface area contributed by atoms with E-state index in [1.165, 1.54) is 12.1 Å². The van der Waals surface area contributed by atoms with Gasteiger partial charge in [0.2, 0.25) is 0 Å². The highest BCUT2D eigenvalue weighted by atomic mass is 35.5. The van der Waals surface area contributed by atoms with Crippen LogP contribution in [0, 0.1) is 5.82 Å². The van der Waals surface area contributed by atoms with Gasteiger partial charge in [0.05, 0.1) is 5.88 Å². The van der Waals surface area contributed by atoms with Gasteiger partial charge < -0.3 is 4.74 Å². The minimum Gasteiger partial charge on any atom is -0.457 e. The molecule has 0 fully saturated rings. The van der Waals surface area contributed by atoms with Crippen molar-refractivity contribution < 1.29 is 9.13 Å². The Morgan fingerprint density at radius 1 is 1.00 bits per heavy atom. The molecule has 2 rings (SSSR count).